The second kappa shape index (κ2) is 9.70. The highest BCUT2D eigenvalue weighted by Crippen LogP contribution is 2.32. The molecule has 1 saturated heterocycles. The summed E-state index contributed by atoms with van der Waals surface area (Å²) in [6, 6.07) is 14.3. The van der Waals surface area contributed by atoms with Crippen LogP contribution in [0, 0.1) is 0 Å². The molecule has 0 radical (unpaired) electrons. The minimum absolute atomic E-state index is 0.225. The summed E-state index contributed by atoms with van der Waals surface area (Å²) in [5, 5.41) is 10.1. The summed E-state index contributed by atoms with van der Waals surface area (Å²) in [5.74, 6) is 1.43. The molecule has 7 nitrogen and oxygen atoms in total. The van der Waals surface area contributed by atoms with Gasteiger partial charge >= 0.3 is 0 Å². The first-order valence-electron chi connectivity index (χ1n) is 10.0. The molecule has 1 aliphatic rings. The van der Waals surface area contributed by atoms with E-state index in [0.29, 0.717) is 47.9 Å². The number of sulfonamides is 1. The maximum Gasteiger partial charge on any atom is 0.243 e. The van der Waals surface area contributed by atoms with Crippen LogP contribution in [0.15, 0.2) is 58.6 Å². The third-order valence-corrected chi connectivity index (χ3v) is 8.21. The van der Waals surface area contributed by atoms with Crippen molar-refractivity contribution in [3.8, 4) is 17.1 Å². The number of hydrogen-bond acceptors (Lipinski definition) is 6. The lowest BCUT2D eigenvalue weighted by Crippen LogP contribution is -2.40. The van der Waals surface area contributed by atoms with Crippen molar-refractivity contribution in [2.45, 2.75) is 23.4 Å². The molecule has 1 fully saturated rings. The smallest absolute Gasteiger partial charge is 0.243 e. The van der Waals surface area contributed by atoms with E-state index in [1.54, 1.807) is 30.0 Å². The Morgan fingerprint density at radius 3 is 2.61 bits per heavy atom. The predicted molar refractivity (Wildman–Crippen MR) is 122 cm³/mol. The van der Waals surface area contributed by atoms with Crippen molar-refractivity contribution in [1.29, 1.82) is 0 Å². The highest BCUT2D eigenvalue weighted by atomic mass is 35.5. The molecule has 0 bridgehead atoms. The summed E-state index contributed by atoms with van der Waals surface area (Å²) < 4.78 is 34.9. The van der Waals surface area contributed by atoms with Gasteiger partial charge in [0, 0.05) is 24.4 Å². The SMILES string of the molecule is CCCSc1nnc(-c2cccc(S(=O)(=O)N3CCOCC3)c2)n1-c1ccccc1Cl. The van der Waals surface area contributed by atoms with E-state index in [4.69, 9.17) is 16.3 Å². The molecule has 3 aromatic rings. The van der Waals surface area contributed by atoms with Gasteiger partial charge in [-0.1, -0.05) is 54.6 Å². The van der Waals surface area contributed by atoms with Crippen LogP contribution in [0.3, 0.4) is 0 Å². The van der Waals surface area contributed by atoms with E-state index in [-0.39, 0.29) is 4.90 Å². The van der Waals surface area contributed by atoms with E-state index in [2.05, 4.69) is 17.1 Å². The van der Waals surface area contributed by atoms with Crippen molar-refractivity contribution in [2.75, 3.05) is 32.1 Å². The maximum atomic E-state index is 13.1. The number of halogens is 1. The third-order valence-electron chi connectivity index (χ3n) is 4.86. The molecule has 164 valence electrons. The molecule has 1 aromatic heterocycles. The van der Waals surface area contributed by atoms with Gasteiger partial charge in [0.2, 0.25) is 10.0 Å². The zero-order valence-corrected chi connectivity index (χ0v) is 19.5. The molecule has 31 heavy (non-hydrogen) atoms. The van der Waals surface area contributed by atoms with Crippen LogP contribution in [-0.4, -0.2) is 59.5 Å². The molecular formula is C21H23ClN4O3S2. The van der Waals surface area contributed by atoms with Gasteiger partial charge in [-0.05, 0) is 30.7 Å². The fourth-order valence-corrected chi connectivity index (χ4v) is 5.80. The highest BCUT2D eigenvalue weighted by Gasteiger charge is 2.27. The molecule has 10 heteroatoms. The zero-order chi connectivity index (χ0) is 21.8. The summed E-state index contributed by atoms with van der Waals surface area (Å²) in [6.07, 6.45) is 0.989. The fourth-order valence-electron chi connectivity index (χ4n) is 3.33. The molecule has 2 heterocycles. The molecule has 0 unspecified atom stereocenters. The Morgan fingerprint density at radius 1 is 1.10 bits per heavy atom. The monoisotopic (exact) mass is 478 g/mol. The van der Waals surface area contributed by atoms with Crippen LogP contribution >= 0.6 is 23.4 Å². The summed E-state index contributed by atoms with van der Waals surface area (Å²) in [6.45, 7) is 3.60. The first-order chi connectivity index (χ1) is 15.0. The van der Waals surface area contributed by atoms with Crippen molar-refractivity contribution >= 4 is 33.4 Å². The average molecular weight is 479 g/mol. The Kier molecular flexibility index (Phi) is 6.98. The zero-order valence-electron chi connectivity index (χ0n) is 17.1. The van der Waals surface area contributed by atoms with Crippen molar-refractivity contribution in [1.82, 2.24) is 19.1 Å². The minimum atomic E-state index is -3.62. The van der Waals surface area contributed by atoms with Gasteiger partial charge in [0.25, 0.3) is 0 Å². The van der Waals surface area contributed by atoms with Crippen LogP contribution in [0.2, 0.25) is 5.02 Å². The fraction of sp³-hybridized carbons (Fsp3) is 0.333. The van der Waals surface area contributed by atoms with Gasteiger partial charge in [0.1, 0.15) is 0 Å². The molecule has 4 rings (SSSR count). The number of thioether (sulfide) groups is 1. The van der Waals surface area contributed by atoms with Crippen LogP contribution in [0.5, 0.6) is 0 Å². The number of hydrogen-bond donors (Lipinski definition) is 0. The van der Waals surface area contributed by atoms with E-state index in [9.17, 15) is 8.42 Å². The summed E-state index contributed by atoms with van der Waals surface area (Å²) >= 11 is 8.08. The minimum Gasteiger partial charge on any atom is -0.379 e. The molecule has 1 aliphatic heterocycles. The first kappa shape index (κ1) is 22.3. The molecule has 0 saturated carbocycles. The quantitative estimate of drug-likeness (QED) is 0.475. The topological polar surface area (TPSA) is 77.3 Å². The molecule has 0 atom stereocenters. The van der Waals surface area contributed by atoms with Crippen LogP contribution in [0.25, 0.3) is 17.1 Å². The lowest BCUT2D eigenvalue weighted by atomic mass is 10.2. The molecule has 0 N–H and O–H groups in total. The van der Waals surface area contributed by atoms with Crippen molar-refractivity contribution < 1.29 is 13.2 Å². The van der Waals surface area contributed by atoms with Crippen molar-refractivity contribution in [2.24, 2.45) is 0 Å². The maximum absolute atomic E-state index is 13.1. The van der Waals surface area contributed by atoms with E-state index in [1.165, 1.54) is 4.31 Å². The number of para-hydroxylation sites is 1. The van der Waals surface area contributed by atoms with Gasteiger partial charge in [-0.15, -0.1) is 10.2 Å². The van der Waals surface area contributed by atoms with Gasteiger partial charge < -0.3 is 4.74 Å². The van der Waals surface area contributed by atoms with E-state index >= 15 is 0 Å². The van der Waals surface area contributed by atoms with Gasteiger partial charge in [-0.3, -0.25) is 4.57 Å². The Hall–Kier alpha value is -1.91. The Balaban J connectivity index is 1.79. The Bertz CT molecular complexity index is 1160. The second-order valence-electron chi connectivity index (χ2n) is 6.99. The number of benzene rings is 2. The van der Waals surface area contributed by atoms with Crippen LogP contribution in [0.4, 0.5) is 0 Å². The van der Waals surface area contributed by atoms with E-state index in [0.717, 1.165) is 17.9 Å². The van der Waals surface area contributed by atoms with E-state index < -0.39 is 10.0 Å². The Morgan fingerprint density at radius 2 is 1.87 bits per heavy atom. The number of morpholine rings is 1. The standard InChI is InChI=1S/C21H23ClN4O3S2/c1-2-14-30-21-24-23-20(26(21)19-9-4-3-8-18(19)22)16-6-5-7-17(15-16)31(27,28)25-10-12-29-13-11-25/h3-9,15H,2,10-14H2,1H3. The lowest BCUT2D eigenvalue weighted by Gasteiger charge is -2.26. The number of ether oxygens (including phenoxy) is 1. The number of rotatable bonds is 7. The molecule has 0 spiro atoms. The lowest BCUT2D eigenvalue weighted by molar-refractivity contribution is 0.0730. The average Bonchev–Trinajstić information content (AvgIpc) is 3.22. The highest BCUT2D eigenvalue weighted by molar-refractivity contribution is 7.99. The molecule has 2 aromatic carbocycles. The second-order valence-corrected chi connectivity index (χ2v) is 10.4. The third kappa shape index (κ3) is 4.65. The van der Waals surface area contributed by atoms with Crippen molar-refractivity contribution in [3.63, 3.8) is 0 Å². The van der Waals surface area contributed by atoms with Crippen molar-refractivity contribution in [3.05, 3.63) is 53.6 Å². The van der Waals surface area contributed by atoms with Crippen LogP contribution in [0.1, 0.15) is 13.3 Å². The summed E-state index contributed by atoms with van der Waals surface area (Å²) in [5.41, 5.74) is 1.41. The largest absolute Gasteiger partial charge is 0.379 e. The van der Waals surface area contributed by atoms with Gasteiger partial charge in [-0.2, -0.15) is 4.31 Å². The molecule has 0 aliphatic carbocycles. The number of aromatic nitrogens is 3. The summed E-state index contributed by atoms with van der Waals surface area (Å²) in [7, 11) is -3.62. The molecular weight excluding hydrogens is 456 g/mol. The van der Waals surface area contributed by atoms with Gasteiger partial charge in [-0.25, -0.2) is 8.42 Å². The first-order valence-corrected chi connectivity index (χ1v) is 12.8. The van der Waals surface area contributed by atoms with Crippen LogP contribution < -0.4 is 0 Å². The molecule has 0 amide bonds. The number of nitrogens with zero attached hydrogens (tertiary/aromatic N) is 4. The van der Waals surface area contributed by atoms with Gasteiger partial charge in [0.05, 0.1) is 28.8 Å². The predicted octanol–water partition coefficient (Wildman–Crippen LogP) is 4.11. The van der Waals surface area contributed by atoms with E-state index in [1.807, 2.05) is 34.9 Å². The summed E-state index contributed by atoms with van der Waals surface area (Å²) in [4.78, 5) is 0.225. The normalized spacial score (nSPS) is 15.3. The Labute approximate surface area is 191 Å². The van der Waals surface area contributed by atoms with Crippen LogP contribution in [-0.2, 0) is 14.8 Å². The van der Waals surface area contributed by atoms with Gasteiger partial charge in [0.15, 0.2) is 11.0 Å².